The van der Waals surface area contributed by atoms with Crippen LogP contribution in [0.15, 0.2) is 0 Å². The van der Waals surface area contributed by atoms with Crippen LogP contribution in [0.5, 0.6) is 0 Å². The number of nitrogens with zero attached hydrogens (tertiary/aromatic N) is 5. The molecule has 0 radical (unpaired) electrons. The van der Waals surface area contributed by atoms with Gasteiger partial charge in [0.05, 0.1) is 0 Å². The maximum Gasteiger partial charge on any atom is 0.0155 e. The highest BCUT2D eigenvalue weighted by atomic mass is 15.3. The van der Waals surface area contributed by atoms with E-state index in [-0.39, 0.29) is 0 Å². The predicted molar refractivity (Wildman–Crippen MR) is 164 cm³/mol. The van der Waals surface area contributed by atoms with Crippen LogP contribution >= 0.6 is 0 Å². The van der Waals surface area contributed by atoms with Crippen molar-refractivity contribution in [3.63, 3.8) is 0 Å². The Hall–Kier alpha value is -0.200. The van der Waals surface area contributed by atoms with Crippen LogP contribution in [0.2, 0.25) is 0 Å². The summed E-state index contributed by atoms with van der Waals surface area (Å²) in [6.45, 7) is 38.3. The van der Waals surface area contributed by atoms with E-state index >= 15 is 0 Å². The van der Waals surface area contributed by atoms with Gasteiger partial charge in [0.15, 0.2) is 0 Å². The number of rotatable bonds is 7. The molecule has 0 unspecified atom stereocenters. The summed E-state index contributed by atoms with van der Waals surface area (Å²) in [7, 11) is 0. The molecule has 5 nitrogen and oxygen atoms in total. The van der Waals surface area contributed by atoms with Gasteiger partial charge in [-0.3, -0.25) is 19.6 Å². The molecule has 4 aliphatic rings. The zero-order chi connectivity index (χ0) is 28.0. The van der Waals surface area contributed by atoms with Crippen molar-refractivity contribution in [2.75, 3.05) is 72.0 Å². The normalized spacial score (nSPS) is 26.7. The van der Waals surface area contributed by atoms with E-state index in [1.807, 2.05) is 0 Å². The third-order valence-electron chi connectivity index (χ3n) is 11.5. The lowest BCUT2D eigenvalue weighted by Gasteiger charge is -2.53. The lowest BCUT2D eigenvalue weighted by Crippen LogP contribution is -2.61. The molecular weight excluding hydrogens is 466 g/mol. The van der Waals surface area contributed by atoms with Crippen LogP contribution in [0.1, 0.15) is 108 Å². The summed E-state index contributed by atoms with van der Waals surface area (Å²) in [5.41, 5.74) is 1.88. The zero-order valence-corrected chi connectivity index (χ0v) is 27.3. The molecule has 0 aromatic carbocycles. The van der Waals surface area contributed by atoms with Gasteiger partial charge in [0, 0.05) is 68.0 Å². The number of hydrogen-bond acceptors (Lipinski definition) is 5. The Balaban J connectivity index is 1.17. The summed E-state index contributed by atoms with van der Waals surface area (Å²) in [5.74, 6) is 0.879. The number of piperazine rings is 1. The number of likely N-dealkylation sites (tertiary alicyclic amines) is 3. The van der Waals surface area contributed by atoms with Crippen molar-refractivity contribution in [1.82, 2.24) is 24.5 Å². The molecule has 38 heavy (non-hydrogen) atoms. The fourth-order valence-electron chi connectivity index (χ4n) is 7.80. The van der Waals surface area contributed by atoms with Crippen molar-refractivity contribution in [1.29, 1.82) is 0 Å². The average Bonchev–Trinajstić information content (AvgIpc) is 2.79. The van der Waals surface area contributed by atoms with Crippen LogP contribution < -0.4 is 0 Å². The number of piperidine rings is 2. The van der Waals surface area contributed by atoms with Crippen molar-refractivity contribution >= 4 is 0 Å². The second-order valence-corrected chi connectivity index (χ2v) is 17.0. The van der Waals surface area contributed by atoms with E-state index in [2.05, 4.69) is 93.7 Å². The van der Waals surface area contributed by atoms with Crippen LogP contribution in [0.4, 0.5) is 0 Å². The third-order valence-corrected chi connectivity index (χ3v) is 11.5. The Morgan fingerprint density at radius 2 is 0.895 bits per heavy atom. The Kier molecular flexibility index (Phi) is 9.09. The summed E-state index contributed by atoms with van der Waals surface area (Å²) in [6.07, 6.45) is 8.24. The smallest absolute Gasteiger partial charge is 0.0155 e. The van der Waals surface area contributed by atoms with Gasteiger partial charge in [-0.1, -0.05) is 0 Å². The SMILES string of the molecule is CC(C)(C)N1CCC2(CC1)CCN(C(C)(C)CCC(C)(C)N1CCN(CC3CN(C(C)(C)C)C3)CC1)CC2. The lowest BCUT2D eigenvalue weighted by molar-refractivity contribution is -0.0302. The molecule has 0 bridgehead atoms. The molecule has 5 heteroatoms. The summed E-state index contributed by atoms with van der Waals surface area (Å²) in [5, 5.41) is 0. The fourth-order valence-corrected chi connectivity index (χ4v) is 7.80. The second kappa shape index (κ2) is 11.2. The minimum absolute atomic E-state index is 0.291. The van der Waals surface area contributed by atoms with E-state index in [9.17, 15) is 0 Å². The van der Waals surface area contributed by atoms with E-state index in [4.69, 9.17) is 0 Å². The molecular formula is C33H65N5. The maximum absolute atomic E-state index is 2.85. The second-order valence-electron chi connectivity index (χ2n) is 17.0. The molecule has 0 N–H and O–H groups in total. The van der Waals surface area contributed by atoms with Crippen molar-refractivity contribution in [2.24, 2.45) is 11.3 Å². The predicted octanol–water partition coefficient (Wildman–Crippen LogP) is 5.65. The third kappa shape index (κ3) is 7.35. The first-order valence-electron chi connectivity index (χ1n) is 16.2. The molecule has 0 aromatic rings. The topological polar surface area (TPSA) is 16.2 Å². The molecule has 1 spiro atoms. The van der Waals surface area contributed by atoms with Gasteiger partial charge in [-0.05, 0) is 145 Å². The van der Waals surface area contributed by atoms with Gasteiger partial charge in [-0.25, -0.2) is 0 Å². The van der Waals surface area contributed by atoms with Crippen molar-refractivity contribution < 1.29 is 0 Å². The minimum Gasteiger partial charge on any atom is -0.300 e. The van der Waals surface area contributed by atoms with Gasteiger partial charge in [-0.15, -0.1) is 0 Å². The van der Waals surface area contributed by atoms with Crippen LogP contribution in [0.25, 0.3) is 0 Å². The van der Waals surface area contributed by atoms with Crippen LogP contribution in [0.3, 0.4) is 0 Å². The standard InChI is InChI=1S/C33H65N5/c1-29(2,3)35-17-13-33(14-18-35)15-19-36(20-16-33)31(7,8)11-12-32(9,10)37-23-21-34(22-24-37)25-28-26-38(27-28)30(4,5)6/h28H,11-27H2,1-10H3. The molecule has 4 rings (SSSR count). The lowest BCUT2D eigenvalue weighted by atomic mass is 9.70. The zero-order valence-electron chi connectivity index (χ0n) is 27.3. The average molecular weight is 532 g/mol. The van der Waals surface area contributed by atoms with Crippen LogP contribution in [-0.2, 0) is 0 Å². The van der Waals surface area contributed by atoms with Crippen molar-refractivity contribution in [3.8, 4) is 0 Å². The number of hydrogen-bond donors (Lipinski definition) is 0. The Morgan fingerprint density at radius 3 is 1.32 bits per heavy atom. The van der Waals surface area contributed by atoms with Gasteiger partial charge in [0.2, 0.25) is 0 Å². The summed E-state index contributed by atoms with van der Waals surface area (Å²) < 4.78 is 0. The van der Waals surface area contributed by atoms with Crippen molar-refractivity contribution in [3.05, 3.63) is 0 Å². The highest BCUT2D eigenvalue weighted by Crippen LogP contribution is 2.44. The van der Waals surface area contributed by atoms with Gasteiger partial charge in [-0.2, -0.15) is 0 Å². The monoisotopic (exact) mass is 532 g/mol. The van der Waals surface area contributed by atoms with Gasteiger partial charge >= 0.3 is 0 Å². The molecule has 4 heterocycles. The first-order chi connectivity index (χ1) is 17.5. The van der Waals surface area contributed by atoms with Gasteiger partial charge < -0.3 is 4.90 Å². The maximum atomic E-state index is 2.85. The molecule has 0 amide bonds. The van der Waals surface area contributed by atoms with E-state index in [1.54, 1.807) is 0 Å². The van der Waals surface area contributed by atoms with Crippen LogP contribution in [-0.4, -0.2) is 119 Å². The van der Waals surface area contributed by atoms with Gasteiger partial charge in [0.1, 0.15) is 0 Å². The van der Waals surface area contributed by atoms with Crippen molar-refractivity contribution in [2.45, 2.75) is 130 Å². The molecule has 4 aliphatic heterocycles. The van der Waals surface area contributed by atoms with Crippen LogP contribution in [0, 0.1) is 11.3 Å². The highest BCUT2D eigenvalue weighted by Gasteiger charge is 2.43. The molecule has 4 fully saturated rings. The Labute approximate surface area is 237 Å². The highest BCUT2D eigenvalue weighted by molar-refractivity contribution is 4.97. The van der Waals surface area contributed by atoms with E-state index in [0.717, 1.165) is 5.92 Å². The largest absolute Gasteiger partial charge is 0.300 e. The Morgan fingerprint density at radius 1 is 0.500 bits per heavy atom. The molecule has 0 saturated carbocycles. The molecule has 222 valence electrons. The molecule has 0 aliphatic carbocycles. The molecule has 0 aromatic heterocycles. The quantitative estimate of drug-likeness (QED) is 0.421. The first-order valence-corrected chi connectivity index (χ1v) is 16.2. The minimum atomic E-state index is 0.291. The summed E-state index contributed by atoms with van der Waals surface area (Å²) in [4.78, 5) is 13.7. The first kappa shape index (κ1) is 30.8. The molecule has 4 saturated heterocycles. The summed E-state index contributed by atoms with van der Waals surface area (Å²) >= 11 is 0. The summed E-state index contributed by atoms with van der Waals surface area (Å²) in [6, 6.07) is 0. The van der Waals surface area contributed by atoms with E-state index in [1.165, 1.54) is 111 Å². The molecule has 0 atom stereocenters. The Bertz CT molecular complexity index is 743. The van der Waals surface area contributed by atoms with E-state index < -0.39 is 0 Å². The van der Waals surface area contributed by atoms with Gasteiger partial charge in [0.25, 0.3) is 0 Å². The fraction of sp³-hybridized carbons (Fsp3) is 1.00. The van der Waals surface area contributed by atoms with E-state index in [0.29, 0.717) is 27.6 Å².